The maximum Gasteiger partial charge on any atom is 0.300 e. The number of hydrogen-bond acceptors (Lipinski definition) is 5. The topological polar surface area (TPSA) is 88.4 Å². The van der Waals surface area contributed by atoms with Crippen molar-refractivity contribution in [1.82, 2.24) is 9.88 Å². The van der Waals surface area contributed by atoms with Gasteiger partial charge < -0.3 is 10.2 Å². The third-order valence-electron chi connectivity index (χ3n) is 3.95. The minimum Gasteiger partial charge on any atom is -0.373 e. The van der Waals surface area contributed by atoms with Crippen LogP contribution in [0.2, 0.25) is 0 Å². The molecule has 0 aliphatic carbocycles. The van der Waals surface area contributed by atoms with E-state index in [0.717, 1.165) is 25.5 Å². The van der Waals surface area contributed by atoms with Crippen molar-refractivity contribution in [2.75, 3.05) is 25.5 Å². The summed E-state index contributed by atoms with van der Waals surface area (Å²) in [7, 11) is 1.66. The summed E-state index contributed by atoms with van der Waals surface area (Å²) in [6.07, 6.45) is 4.22. The molecule has 1 aromatic rings. The largest absolute Gasteiger partial charge is 0.373 e. The highest BCUT2D eigenvalue weighted by Gasteiger charge is 2.29. The van der Waals surface area contributed by atoms with Crippen LogP contribution in [0.5, 0.6) is 0 Å². The van der Waals surface area contributed by atoms with Crippen molar-refractivity contribution in [3.05, 3.63) is 27.9 Å². The maximum absolute atomic E-state index is 12.6. The Labute approximate surface area is 123 Å². The van der Waals surface area contributed by atoms with Gasteiger partial charge in [0.25, 0.3) is 11.6 Å². The van der Waals surface area contributed by atoms with E-state index < -0.39 is 4.92 Å². The summed E-state index contributed by atoms with van der Waals surface area (Å²) in [6, 6.07) is 1.45. The van der Waals surface area contributed by atoms with Gasteiger partial charge in [-0.25, -0.2) is 4.98 Å². The van der Waals surface area contributed by atoms with Crippen molar-refractivity contribution >= 4 is 17.4 Å². The summed E-state index contributed by atoms with van der Waals surface area (Å²) in [5.74, 6) is 0.652. The lowest BCUT2D eigenvalue weighted by Gasteiger charge is -2.32. The van der Waals surface area contributed by atoms with E-state index in [0.29, 0.717) is 24.8 Å². The quantitative estimate of drug-likeness (QED) is 0.679. The van der Waals surface area contributed by atoms with Gasteiger partial charge in [0.15, 0.2) is 0 Å². The molecule has 1 aliphatic rings. The van der Waals surface area contributed by atoms with Crippen LogP contribution in [0.15, 0.2) is 12.3 Å². The molecule has 1 amide bonds. The molecule has 1 N–H and O–H groups in total. The lowest BCUT2D eigenvalue weighted by atomic mass is 9.95. The van der Waals surface area contributed by atoms with Crippen LogP contribution in [0.3, 0.4) is 0 Å². The molecule has 0 aromatic carbocycles. The van der Waals surface area contributed by atoms with Crippen LogP contribution in [0.4, 0.5) is 11.5 Å². The Balaban J connectivity index is 2.30. The van der Waals surface area contributed by atoms with Crippen LogP contribution in [0, 0.1) is 16.0 Å². The molecule has 0 bridgehead atoms. The normalized spacial score (nSPS) is 18.4. The molecule has 1 aliphatic heterocycles. The first-order valence-electron chi connectivity index (χ1n) is 7.18. The molecule has 1 fully saturated rings. The second-order valence-electron chi connectivity index (χ2n) is 5.26. The number of carbonyl (C=O) groups excluding carboxylic acids is 1. The molecule has 114 valence electrons. The number of aromatic nitrogens is 1. The number of carbonyl (C=O) groups is 1. The Kier molecular flexibility index (Phi) is 4.72. The Morgan fingerprint density at radius 3 is 3.00 bits per heavy atom. The SMILES string of the molecule is CCC1CCCN(C(=O)c2cc(NC)ncc2[N+](=O)[O-])C1. The summed E-state index contributed by atoms with van der Waals surface area (Å²) in [4.78, 5) is 28.8. The molecule has 1 unspecified atom stereocenters. The zero-order chi connectivity index (χ0) is 15.4. The molecular formula is C14H20N4O3. The number of amides is 1. The average Bonchev–Trinajstić information content (AvgIpc) is 2.53. The van der Waals surface area contributed by atoms with E-state index in [1.807, 2.05) is 0 Å². The summed E-state index contributed by atoms with van der Waals surface area (Å²) < 4.78 is 0. The van der Waals surface area contributed by atoms with Crippen LogP contribution in [0.25, 0.3) is 0 Å². The molecule has 1 aromatic heterocycles. The summed E-state index contributed by atoms with van der Waals surface area (Å²) in [5, 5.41) is 13.9. The first-order chi connectivity index (χ1) is 10.1. The minimum absolute atomic E-state index is 0.108. The molecule has 0 saturated carbocycles. The summed E-state index contributed by atoms with van der Waals surface area (Å²) >= 11 is 0. The van der Waals surface area contributed by atoms with Crippen LogP contribution < -0.4 is 5.32 Å². The van der Waals surface area contributed by atoms with E-state index in [4.69, 9.17) is 0 Å². The van der Waals surface area contributed by atoms with Crippen molar-refractivity contribution < 1.29 is 9.72 Å². The van der Waals surface area contributed by atoms with Crippen LogP contribution in [0.1, 0.15) is 36.5 Å². The van der Waals surface area contributed by atoms with E-state index in [1.54, 1.807) is 11.9 Å². The van der Waals surface area contributed by atoms with E-state index in [1.165, 1.54) is 6.07 Å². The Morgan fingerprint density at radius 1 is 1.62 bits per heavy atom. The number of anilines is 1. The van der Waals surface area contributed by atoms with Crippen LogP contribution in [-0.2, 0) is 0 Å². The van der Waals surface area contributed by atoms with Gasteiger partial charge in [-0.1, -0.05) is 13.3 Å². The third kappa shape index (κ3) is 3.29. The molecule has 0 radical (unpaired) electrons. The number of hydrogen-bond donors (Lipinski definition) is 1. The van der Waals surface area contributed by atoms with Gasteiger partial charge in [-0.2, -0.15) is 0 Å². The zero-order valence-corrected chi connectivity index (χ0v) is 12.3. The molecule has 21 heavy (non-hydrogen) atoms. The van der Waals surface area contributed by atoms with E-state index >= 15 is 0 Å². The number of nitro groups is 1. The number of nitrogens with zero attached hydrogens (tertiary/aromatic N) is 3. The van der Waals surface area contributed by atoms with Crippen LogP contribution in [-0.4, -0.2) is 40.9 Å². The summed E-state index contributed by atoms with van der Waals surface area (Å²) in [6.45, 7) is 3.43. The lowest BCUT2D eigenvalue weighted by molar-refractivity contribution is -0.385. The van der Waals surface area contributed by atoms with E-state index in [9.17, 15) is 14.9 Å². The third-order valence-corrected chi connectivity index (χ3v) is 3.95. The second-order valence-corrected chi connectivity index (χ2v) is 5.26. The first-order valence-corrected chi connectivity index (χ1v) is 7.18. The minimum atomic E-state index is -0.555. The number of likely N-dealkylation sites (tertiary alicyclic amines) is 1. The number of rotatable bonds is 4. The van der Waals surface area contributed by atoms with Gasteiger partial charge in [-0.15, -0.1) is 0 Å². The van der Waals surface area contributed by atoms with Gasteiger partial charge in [0.2, 0.25) is 0 Å². The fraction of sp³-hybridized carbons (Fsp3) is 0.571. The molecule has 7 heteroatoms. The van der Waals surface area contributed by atoms with Gasteiger partial charge in [0.1, 0.15) is 17.6 Å². The van der Waals surface area contributed by atoms with Gasteiger partial charge in [-0.05, 0) is 18.8 Å². The first kappa shape index (κ1) is 15.2. The highest BCUT2D eigenvalue weighted by atomic mass is 16.6. The van der Waals surface area contributed by atoms with Crippen molar-refractivity contribution in [3.63, 3.8) is 0 Å². The molecule has 2 heterocycles. The van der Waals surface area contributed by atoms with Gasteiger partial charge in [0.05, 0.1) is 4.92 Å². The standard InChI is InChI=1S/C14H20N4O3/c1-3-10-5-4-6-17(9-10)14(19)11-7-13(15-2)16-8-12(11)18(20)21/h7-8,10H,3-6,9H2,1-2H3,(H,15,16). The fourth-order valence-electron chi connectivity index (χ4n) is 2.65. The fourth-order valence-corrected chi connectivity index (χ4v) is 2.65. The summed E-state index contributed by atoms with van der Waals surface area (Å²) in [5.41, 5.74) is -0.131. The maximum atomic E-state index is 12.6. The van der Waals surface area contributed by atoms with Crippen molar-refractivity contribution in [2.24, 2.45) is 5.92 Å². The predicted molar refractivity (Wildman–Crippen MR) is 79.4 cm³/mol. The number of pyridine rings is 1. The smallest absolute Gasteiger partial charge is 0.300 e. The molecule has 7 nitrogen and oxygen atoms in total. The van der Waals surface area contributed by atoms with Crippen molar-refractivity contribution in [3.8, 4) is 0 Å². The molecule has 0 spiro atoms. The van der Waals surface area contributed by atoms with E-state index in [-0.39, 0.29) is 17.2 Å². The number of nitrogens with one attached hydrogen (secondary N) is 1. The number of piperidine rings is 1. The predicted octanol–water partition coefficient (Wildman–Crippen LogP) is 2.29. The molecule has 1 saturated heterocycles. The second kappa shape index (κ2) is 6.51. The Bertz CT molecular complexity index is 547. The molecule has 2 rings (SSSR count). The molecular weight excluding hydrogens is 272 g/mol. The highest BCUT2D eigenvalue weighted by Crippen LogP contribution is 2.25. The van der Waals surface area contributed by atoms with E-state index in [2.05, 4.69) is 17.2 Å². The van der Waals surface area contributed by atoms with Gasteiger partial charge in [-0.3, -0.25) is 14.9 Å². The average molecular weight is 292 g/mol. The monoisotopic (exact) mass is 292 g/mol. The zero-order valence-electron chi connectivity index (χ0n) is 12.3. The Morgan fingerprint density at radius 2 is 2.38 bits per heavy atom. The van der Waals surface area contributed by atoms with Gasteiger partial charge in [0, 0.05) is 26.2 Å². The van der Waals surface area contributed by atoms with Gasteiger partial charge >= 0.3 is 0 Å². The highest BCUT2D eigenvalue weighted by molar-refractivity contribution is 5.98. The lowest BCUT2D eigenvalue weighted by Crippen LogP contribution is -2.40. The molecule has 1 atom stereocenters. The Hall–Kier alpha value is -2.18. The van der Waals surface area contributed by atoms with Crippen molar-refractivity contribution in [2.45, 2.75) is 26.2 Å². The van der Waals surface area contributed by atoms with Crippen LogP contribution >= 0.6 is 0 Å². The van der Waals surface area contributed by atoms with Crippen molar-refractivity contribution in [1.29, 1.82) is 0 Å².